The van der Waals surface area contributed by atoms with Crippen molar-refractivity contribution in [1.29, 1.82) is 0 Å². The number of aromatic hydroxyl groups is 1. The van der Waals surface area contributed by atoms with E-state index >= 15 is 0 Å². The summed E-state index contributed by atoms with van der Waals surface area (Å²) in [5.74, 6) is -0.701. The van der Waals surface area contributed by atoms with Crippen LogP contribution in [0.5, 0.6) is 5.75 Å². The van der Waals surface area contributed by atoms with Gasteiger partial charge in [0, 0.05) is 0 Å². The number of pyridine rings is 1. The summed E-state index contributed by atoms with van der Waals surface area (Å²) in [5.41, 5.74) is -0.965. The quantitative estimate of drug-likeness (QED) is 0.370. The molecule has 1 aromatic heterocycles. The van der Waals surface area contributed by atoms with Gasteiger partial charge in [-0.05, 0) is 0 Å². The summed E-state index contributed by atoms with van der Waals surface area (Å²) in [6, 6.07) is 3.47. The van der Waals surface area contributed by atoms with Crippen LogP contribution in [0.2, 0.25) is 0 Å². The van der Waals surface area contributed by atoms with Crippen molar-refractivity contribution in [3.8, 4) is 5.75 Å². The number of nitro benzene ring substituents is 1. The van der Waals surface area contributed by atoms with Gasteiger partial charge < -0.3 is 0 Å². The molecule has 2 aromatic rings. The molecule has 0 spiro atoms. The third-order valence-electron chi connectivity index (χ3n) is 2.33. The number of benzene rings is 1. The number of fused-ring (bicyclic) bond motifs is 1. The summed E-state index contributed by atoms with van der Waals surface area (Å²) in [6.07, 6.45) is 1.27. The summed E-state index contributed by atoms with van der Waals surface area (Å²) < 4.78 is 29.4. The van der Waals surface area contributed by atoms with Crippen molar-refractivity contribution in [1.82, 2.24) is 4.98 Å². The van der Waals surface area contributed by atoms with Gasteiger partial charge in [-0.25, -0.2) is 0 Å². The standard InChI is InChI=1S/C9H5N2O3.2H2O.O.Sb/c12-9-7(11(13)14)4-3-6-2-1-5-10-8(6)9;;;;/h1-2,4-5,12H;2*1H2;;/q;;;;+2/p-2. The van der Waals surface area contributed by atoms with E-state index in [2.05, 4.69) is 4.98 Å². The van der Waals surface area contributed by atoms with E-state index < -0.39 is 39.5 Å². The van der Waals surface area contributed by atoms with E-state index in [1.54, 1.807) is 0 Å². The van der Waals surface area contributed by atoms with E-state index in [4.69, 9.17) is 0 Å². The Labute approximate surface area is 105 Å². The fourth-order valence-corrected chi connectivity index (χ4v) is 3.82. The average Bonchev–Trinajstić information content (AvgIpc) is 2.27. The molecule has 2 rings (SSSR count). The number of nitrogens with zero attached hydrogens (tertiary/aromatic N) is 2. The second kappa shape index (κ2) is 4.24. The molecule has 0 saturated carbocycles. The molecule has 0 atom stereocenters. The topological polar surface area (TPSA) is 134 Å². The fourth-order valence-electron chi connectivity index (χ4n) is 1.58. The normalized spacial score (nSPS) is 11.7. The van der Waals surface area contributed by atoms with Gasteiger partial charge in [0.05, 0.1) is 0 Å². The van der Waals surface area contributed by atoms with Crippen molar-refractivity contribution in [3.63, 3.8) is 0 Å². The summed E-state index contributed by atoms with van der Waals surface area (Å²) in [7, 11) is 0. The van der Waals surface area contributed by atoms with Gasteiger partial charge >= 0.3 is 105 Å². The first-order valence-corrected chi connectivity index (χ1v) is 9.23. The Morgan fingerprint density at radius 3 is 2.61 bits per heavy atom. The first-order valence-electron chi connectivity index (χ1n) is 4.63. The Kier molecular flexibility index (Phi) is 3.02. The number of hydrogen-bond donors (Lipinski definition) is 3. The van der Waals surface area contributed by atoms with Crippen molar-refractivity contribution in [2.45, 2.75) is 0 Å². The minimum atomic E-state index is -5.66. The zero-order chi connectivity index (χ0) is 13.5. The molecule has 18 heavy (non-hydrogen) atoms. The van der Waals surface area contributed by atoms with E-state index in [-0.39, 0.29) is 10.9 Å². The molecule has 0 fully saturated rings. The molecule has 1 aromatic carbocycles. The average molecular weight is 361 g/mol. The van der Waals surface area contributed by atoms with E-state index in [0.717, 1.165) is 0 Å². The zero-order valence-electron chi connectivity index (χ0n) is 8.72. The maximum absolute atomic E-state index is 11.4. The second-order valence-corrected chi connectivity index (χ2v) is 7.94. The third-order valence-corrected chi connectivity index (χ3v) is 5.18. The van der Waals surface area contributed by atoms with Gasteiger partial charge in [-0.3, -0.25) is 0 Å². The van der Waals surface area contributed by atoms with Crippen LogP contribution in [-0.2, 0) is 3.02 Å². The van der Waals surface area contributed by atoms with Crippen LogP contribution in [0.3, 0.4) is 0 Å². The Balaban J connectivity index is 2.98. The van der Waals surface area contributed by atoms with E-state index in [9.17, 15) is 25.0 Å². The molecule has 0 bridgehead atoms. The predicted octanol–water partition coefficient (Wildman–Crippen LogP) is -0.590. The molecule has 0 amide bonds. The third kappa shape index (κ3) is 2.05. The molecule has 94 valence electrons. The Bertz CT molecular complexity index is 695. The van der Waals surface area contributed by atoms with Crippen LogP contribution < -0.4 is 3.51 Å². The predicted molar refractivity (Wildman–Crippen MR) is 60.6 cm³/mol. The fraction of sp³-hybridized carbons (Fsp3) is 0. The monoisotopic (exact) mass is 360 g/mol. The van der Waals surface area contributed by atoms with E-state index in [1.165, 1.54) is 18.3 Å². The van der Waals surface area contributed by atoms with Crippen molar-refractivity contribution in [3.05, 3.63) is 34.5 Å². The molecule has 8 nitrogen and oxygen atoms in total. The molecule has 0 aliphatic rings. The Morgan fingerprint density at radius 1 is 1.39 bits per heavy atom. The van der Waals surface area contributed by atoms with Crippen LogP contribution in [0.1, 0.15) is 0 Å². The molecular formula is C9H7N2O6Sb. The number of phenolic OH excluding ortho intramolecular Hbond substituents is 1. The van der Waals surface area contributed by atoms with Gasteiger partial charge in [-0.1, -0.05) is 0 Å². The van der Waals surface area contributed by atoms with E-state index in [1.807, 2.05) is 0 Å². The Morgan fingerprint density at radius 2 is 2.06 bits per heavy atom. The summed E-state index contributed by atoms with van der Waals surface area (Å²) >= 11 is -5.66. The molecule has 1 heterocycles. The van der Waals surface area contributed by atoms with Crippen LogP contribution in [0.4, 0.5) is 5.69 Å². The minimum absolute atomic E-state index is 0.0200. The van der Waals surface area contributed by atoms with Gasteiger partial charge in [0.1, 0.15) is 0 Å². The summed E-state index contributed by atoms with van der Waals surface area (Å²) in [5, 5.41) is 20.4. The molecule has 9 heteroatoms. The molecule has 0 radical (unpaired) electrons. The zero-order valence-corrected chi connectivity index (χ0v) is 11.3. The van der Waals surface area contributed by atoms with Crippen molar-refractivity contribution >= 4 is 39.7 Å². The molecule has 3 N–H and O–H groups in total. The van der Waals surface area contributed by atoms with Crippen molar-refractivity contribution in [2.75, 3.05) is 0 Å². The van der Waals surface area contributed by atoms with Crippen LogP contribution >= 0.6 is 0 Å². The number of hydrogen-bond acceptors (Lipinski definition) is 5. The van der Waals surface area contributed by atoms with Gasteiger partial charge in [-0.15, -0.1) is 0 Å². The number of phenols is 1. The van der Waals surface area contributed by atoms with Crippen LogP contribution in [0.15, 0.2) is 24.4 Å². The van der Waals surface area contributed by atoms with Gasteiger partial charge in [0.15, 0.2) is 0 Å². The van der Waals surface area contributed by atoms with Gasteiger partial charge in [0.2, 0.25) is 0 Å². The maximum atomic E-state index is 11.4. The molecular weight excluding hydrogens is 354 g/mol. The molecule has 0 aliphatic heterocycles. The SMILES string of the molecule is O=[N+]([O-])c1c[c]([Sb](=[O])([OH])[OH])c2cccnc2c1O. The van der Waals surface area contributed by atoms with Crippen molar-refractivity contribution < 1.29 is 19.8 Å². The number of rotatable bonds is 2. The van der Waals surface area contributed by atoms with Gasteiger partial charge in [-0.2, -0.15) is 0 Å². The molecule has 0 aliphatic carbocycles. The number of aromatic nitrogens is 1. The summed E-state index contributed by atoms with van der Waals surface area (Å²) in [6.45, 7) is 0. The summed E-state index contributed by atoms with van der Waals surface area (Å²) in [4.78, 5) is 13.5. The second-order valence-electron chi connectivity index (χ2n) is 3.46. The molecule has 0 saturated heterocycles. The first-order chi connectivity index (χ1) is 8.32. The van der Waals surface area contributed by atoms with Crippen LogP contribution in [-0.4, -0.2) is 41.4 Å². The van der Waals surface area contributed by atoms with Gasteiger partial charge in [0.25, 0.3) is 0 Å². The van der Waals surface area contributed by atoms with Crippen LogP contribution in [0.25, 0.3) is 10.9 Å². The molecule has 0 unspecified atom stereocenters. The Hall–Kier alpha value is -1.63. The van der Waals surface area contributed by atoms with E-state index in [0.29, 0.717) is 6.07 Å². The number of nitro groups is 1. The van der Waals surface area contributed by atoms with Crippen molar-refractivity contribution in [2.24, 2.45) is 0 Å². The van der Waals surface area contributed by atoms with Crippen LogP contribution in [0, 0.1) is 10.1 Å². The first kappa shape index (κ1) is 12.8.